The number of hydrogen-bond acceptors (Lipinski definition) is 5. The molecule has 1 aromatic carbocycles. The minimum absolute atomic E-state index is 0.709. The number of benzene rings is 1. The van der Waals surface area contributed by atoms with Crippen molar-refractivity contribution in [3.63, 3.8) is 0 Å². The van der Waals surface area contributed by atoms with Crippen molar-refractivity contribution in [1.82, 2.24) is 19.9 Å². The van der Waals surface area contributed by atoms with E-state index in [-0.39, 0.29) is 0 Å². The smallest absolute Gasteiger partial charge is 0.185 e. The average molecular weight is 322 g/mol. The summed E-state index contributed by atoms with van der Waals surface area (Å²) in [4.78, 5) is 11.3. The normalized spacial score (nSPS) is 20.6. The van der Waals surface area contributed by atoms with E-state index in [4.69, 9.17) is 0 Å². The van der Waals surface area contributed by atoms with Gasteiger partial charge in [0.15, 0.2) is 5.82 Å². The molecular weight excluding hydrogens is 300 g/mol. The summed E-state index contributed by atoms with van der Waals surface area (Å²) in [6.07, 6.45) is 1.60. The molecule has 124 valence electrons. The van der Waals surface area contributed by atoms with Gasteiger partial charge < -0.3 is 4.90 Å². The summed E-state index contributed by atoms with van der Waals surface area (Å²) in [5.74, 6) is 1.65. The molecule has 6 heteroatoms. The minimum atomic E-state index is 0.709. The molecule has 0 unspecified atom stereocenters. The molecule has 2 heterocycles. The van der Waals surface area contributed by atoms with Crippen molar-refractivity contribution in [2.24, 2.45) is 9.98 Å². The van der Waals surface area contributed by atoms with Gasteiger partial charge in [-0.1, -0.05) is 23.4 Å². The van der Waals surface area contributed by atoms with Gasteiger partial charge in [-0.05, 0) is 51.0 Å². The predicted octanol–water partition coefficient (Wildman–Crippen LogP) is 3.47. The third kappa shape index (κ3) is 2.75. The van der Waals surface area contributed by atoms with Crippen LogP contribution in [0.15, 0.2) is 45.9 Å². The van der Waals surface area contributed by atoms with Gasteiger partial charge in [0.25, 0.3) is 0 Å². The molecule has 0 radical (unpaired) electrons. The third-order valence-corrected chi connectivity index (χ3v) is 4.32. The topological polar surface area (TPSA) is 58.7 Å². The summed E-state index contributed by atoms with van der Waals surface area (Å²) in [7, 11) is 0. The fraction of sp³-hybridized carbons (Fsp3) is 0.333. The van der Waals surface area contributed by atoms with E-state index in [1.165, 1.54) is 0 Å². The zero-order valence-corrected chi connectivity index (χ0v) is 14.6. The molecule has 3 rings (SSSR count). The van der Waals surface area contributed by atoms with Crippen molar-refractivity contribution in [1.29, 1.82) is 0 Å². The second-order valence-corrected chi connectivity index (χ2v) is 5.63. The maximum atomic E-state index is 4.59. The van der Waals surface area contributed by atoms with Crippen LogP contribution in [0, 0.1) is 0 Å². The van der Waals surface area contributed by atoms with Crippen LogP contribution in [-0.4, -0.2) is 45.2 Å². The second kappa shape index (κ2) is 6.78. The highest BCUT2D eigenvalue weighted by atomic mass is 15.5. The van der Waals surface area contributed by atoms with Gasteiger partial charge >= 0.3 is 0 Å². The quantitative estimate of drug-likeness (QED) is 0.869. The molecule has 2 aromatic rings. The second-order valence-electron chi connectivity index (χ2n) is 5.63. The Bertz CT molecular complexity index is 809. The predicted molar refractivity (Wildman–Crippen MR) is 98.1 cm³/mol. The van der Waals surface area contributed by atoms with Crippen molar-refractivity contribution >= 4 is 23.6 Å². The van der Waals surface area contributed by atoms with Gasteiger partial charge in [0, 0.05) is 13.1 Å². The fourth-order valence-electron chi connectivity index (χ4n) is 2.80. The number of nitrogens with zero attached hydrogens (tertiary/aromatic N) is 6. The largest absolute Gasteiger partial charge is 0.357 e. The van der Waals surface area contributed by atoms with Crippen molar-refractivity contribution < 1.29 is 0 Å². The standard InChI is InChI=1S/C18H22N6/c1-5-23(6-2)17-14(4)13(3)16-18(20-12-19-17)24(22-21-16)15-10-8-7-9-11-15/h7-12H,5-6H2,1-4H3/b14-13-,16-13?,17-14?,19-12?,19-17+,20-12-,20-18?. The molecule has 1 aliphatic rings. The van der Waals surface area contributed by atoms with Gasteiger partial charge in [0.05, 0.1) is 5.69 Å². The van der Waals surface area contributed by atoms with E-state index < -0.39 is 0 Å². The molecule has 0 atom stereocenters. The molecule has 0 bridgehead atoms. The number of fused-ring (bicyclic) bond motifs is 1. The number of hydrogen-bond donors (Lipinski definition) is 0. The molecule has 0 amide bonds. The molecule has 1 aliphatic heterocycles. The Morgan fingerprint density at radius 2 is 1.71 bits per heavy atom. The Morgan fingerprint density at radius 1 is 1.00 bits per heavy atom. The lowest BCUT2D eigenvalue weighted by Gasteiger charge is -2.24. The molecule has 6 nitrogen and oxygen atoms in total. The Balaban J connectivity index is 2.12. The van der Waals surface area contributed by atoms with E-state index in [2.05, 4.69) is 52.9 Å². The van der Waals surface area contributed by atoms with Crippen LogP contribution in [0.5, 0.6) is 0 Å². The number of allylic oxidation sites excluding steroid dienone is 1. The van der Waals surface area contributed by atoms with Gasteiger partial charge in [-0.3, -0.25) is 0 Å². The van der Waals surface area contributed by atoms with Crippen LogP contribution < -0.4 is 0 Å². The Labute approximate surface area is 142 Å². The van der Waals surface area contributed by atoms with Crippen LogP contribution in [0.2, 0.25) is 0 Å². The van der Waals surface area contributed by atoms with E-state index >= 15 is 0 Å². The highest BCUT2D eigenvalue weighted by Crippen LogP contribution is 2.30. The lowest BCUT2D eigenvalue weighted by Crippen LogP contribution is -2.32. The lowest BCUT2D eigenvalue weighted by molar-refractivity contribution is 0.466. The van der Waals surface area contributed by atoms with E-state index in [0.717, 1.165) is 41.5 Å². The first-order valence-corrected chi connectivity index (χ1v) is 8.22. The van der Waals surface area contributed by atoms with E-state index in [1.54, 1.807) is 11.0 Å². The van der Waals surface area contributed by atoms with Crippen molar-refractivity contribution in [3.05, 3.63) is 41.6 Å². The van der Waals surface area contributed by atoms with Gasteiger partial charge in [-0.2, -0.15) is 4.68 Å². The first-order valence-electron chi connectivity index (χ1n) is 8.22. The zero-order chi connectivity index (χ0) is 17.1. The van der Waals surface area contributed by atoms with Gasteiger partial charge in [-0.25, -0.2) is 9.98 Å². The summed E-state index contributed by atoms with van der Waals surface area (Å²) < 4.78 is 1.75. The van der Waals surface area contributed by atoms with E-state index in [1.807, 2.05) is 30.3 Å². The highest BCUT2D eigenvalue weighted by Gasteiger charge is 2.21. The Hall–Kier alpha value is -2.76. The van der Waals surface area contributed by atoms with Gasteiger partial charge in [0.1, 0.15) is 17.9 Å². The monoisotopic (exact) mass is 322 g/mol. The molecule has 0 saturated carbocycles. The maximum absolute atomic E-state index is 4.59. The molecule has 0 fully saturated rings. The van der Waals surface area contributed by atoms with Gasteiger partial charge in [-0.15, -0.1) is 5.10 Å². The Morgan fingerprint density at radius 3 is 2.38 bits per heavy atom. The van der Waals surface area contributed by atoms with Gasteiger partial charge in [0.2, 0.25) is 0 Å². The van der Waals surface area contributed by atoms with Crippen LogP contribution in [0.25, 0.3) is 11.3 Å². The molecule has 24 heavy (non-hydrogen) atoms. The Kier molecular flexibility index (Phi) is 4.55. The minimum Gasteiger partial charge on any atom is -0.357 e. The van der Waals surface area contributed by atoms with Crippen LogP contribution in [0.1, 0.15) is 33.4 Å². The van der Waals surface area contributed by atoms with Crippen molar-refractivity contribution in [2.75, 3.05) is 13.1 Å². The molecular formula is C18H22N6. The van der Waals surface area contributed by atoms with E-state index in [9.17, 15) is 0 Å². The number of rotatable bonds is 3. The van der Waals surface area contributed by atoms with Crippen molar-refractivity contribution in [3.8, 4) is 5.69 Å². The summed E-state index contributed by atoms with van der Waals surface area (Å²) in [5.41, 5.74) is 3.88. The number of para-hydroxylation sites is 1. The fourth-order valence-corrected chi connectivity index (χ4v) is 2.80. The van der Waals surface area contributed by atoms with Crippen LogP contribution in [0.4, 0.5) is 5.82 Å². The molecule has 1 aromatic heterocycles. The molecule has 0 aliphatic carbocycles. The maximum Gasteiger partial charge on any atom is 0.185 e. The van der Waals surface area contributed by atoms with Crippen molar-refractivity contribution in [2.45, 2.75) is 27.7 Å². The van der Waals surface area contributed by atoms with Crippen LogP contribution in [-0.2, 0) is 0 Å². The number of aliphatic imine (C=N–C) groups is 2. The van der Waals surface area contributed by atoms with Crippen LogP contribution >= 0.6 is 0 Å². The molecule has 0 saturated heterocycles. The average Bonchev–Trinajstić information content (AvgIpc) is 3.03. The number of amidine groups is 1. The SMILES string of the molecule is CCN(CC)C1=N/C=N\c2c(nnn2-c2ccccc2)/C(C)=C\1C. The summed E-state index contributed by atoms with van der Waals surface area (Å²) in [6, 6.07) is 9.89. The first kappa shape index (κ1) is 16.1. The highest BCUT2D eigenvalue weighted by molar-refractivity contribution is 6.08. The molecule has 0 N–H and O–H groups in total. The van der Waals surface area contributed by atoms with E-state index in [0.29, 0.717) is 5.82 Å². The summed E-state index contributed by atoms with van der Waals surface area (Å²) in [6.45, 7) is 10.2. The zero-order valence-electron chi connectivity index (χ0n) is 14.6. The molecule has 0 spiro atoms. The summed E-state index contributed by atoms with van der Waals surface area (Å²) >= 11 is 0. The number of aromatic nitrogens is 3. The first-order chi connectivity index (χ1) is 11.7. The van der Waals surface area contributed by atoms with Crippen LogP contribution in [0.3, 0.4) is 0 Å². The summed E-state index contributed by atoms with van der Waals surface area (Å²) in [5, 5.41) is 8.68. The third-order valence-electron chi connectivity index (χ3n) is 4.32. The number of likely N-dealkylation sites (N-methyl/N-ethyl adjacent to an activating group) is 1. The lowest BCUT2D eigenvalue weighted by atomic mass is 10.1.